The standard InChI is InChI=1S/2C13H9.2C7H6O2.2CH3.H2Si.Ti/c2*1-3-7-12-10(5-1)9-11-6-2-4-8-13(11)12;2*8-7(9)6-4-2-1-3-5-6;;;;/h2*1-5,7-8H,9H2;2*1-5H,(H,8,9);2*1H3;1H2;/q2*-1;;;2*-1;;. The SMILES string of the molecule is O=C(O)c1ccccc1.O=C(O)c1ccccc1.[CH3-].[CH3-].[SiH2]=[Ti].[c-]1cccc2c1Cc1ccccc1-2.[c-]1cccc2c1Cc1ccccc1-2. The summed E-state index contributed by atoms with van der Waals surface area (Å²) in [6.07, 6.45) is 2.10. The van der Waals surface area contributed by atoms with Crippen molar-refractivity contribution in [2.45, 2.75) is 12.8 Å². The predicted molar refractivity (Wildman–Crippen MR) is 195 cm³/mol. The fourth-order valence-corrected chi connectivity index (χ4v) is 5.16. The second-order valence-corrected chi connectivity index (χ2v) is 10.1. The number of carbonyl (C=O) groups is 2. The molecule has 0 aliphatic heterocycles. The zero-order chi connectivity index (χ0) is 32.7. The van der Waals surface area contributed by atoms with Gasteiger partial charge in [-0.3, -0.25) is 0 Å². The van der Waals surface area contributed by atoms with Crippen molar-refractivity contribution in [2.24, 2.45) is 0 Å². The maximum Gasteiger partial charge on any atom is -0.0253 e. The van der Waals surface area contributed by atoms with Gasteiger partial charge in [-0.25, -0.2) is 9.59 Å². The summed E-state index contributed by atoms with van der Waals surface area (Å²) in [7, 11) is 1.86. The molecule has 6 aromatic carbocycles. The number of carboxylic acids is 2. The van der Waals surface area contributed by atoms with Crippen molar-refractivity contribution < 1.29 is 39.0 Å². The number of carboxylic acid groups (broad SMARTS) is 2. The van der Waals surface area contributed by atoms with Gasteiger partial charge in [0.1, 0.15) is 0 Å². The molecule has 0 aromatic heterocycles. The molecule has 0 atom stereocenters. The topological polar surface area (TPSA) is 74.6 Å². The molecule has 0 radical (unpaired) electrons. The molecule has 0 fully saturated rings. The maximum absolute atomic E-state index is 10.2. The number of benzene rings is 6. The molecule has 2 N–H and O–H groups in total. The minimum atomic E-state index is -0.879. The van der Waals surface area contributed by atoms with Crippen LogP contribution in [0, 0.1) is 27.0 Å². The van der Waals surface area contributed by atoms with Gasteiger partial charge in [-0.05, 0) is 37.1 Å². The van der Waals surface area contributed by atoms with E-state index in [0.29, 0.717) is 11.1 Å². The van der Waals surface area contributed by atoms with Crippen LogP contribution in [0.25, 0.3) is 22.3 Å². The van der Waals surface area contributed by atoms with Gasteiger partial charge in [-0.2, -0.15) is 59.7 Å². The molecule has 0 amide bonds. The van der Waals surface area contributed by atoms with Crippen molar-refractivity contribution in [3.05, 3.63) is 206 Å². The summed E-state index contributed by atoms with van der Waals surface area (Å²) in [6.45, 7) is 0. The fraction of sp³-hybridized carbons (Fsp3) is 0.0476. The van der Waals surface area contributed by atoms with E-state index >= 15 is 0 Å². The van der Waals surface area contributed by atoms with Gasteiger partial charge in [0, 0.05) is 0 Å². The zero-order valence-corrected chi connectivity index (χ0v) is 30.2. The van der Waals surface area contributed by atoms with E-state index in [2.05, 4.69) is 84.9 Å². The van der Waals surface area contributed by atoms with Crippen LogP contribution in [0.2, 0.25) is 0 Å². The predicted octanol–water partition coefficient (Wildman–Crippen LogP) is 8.87. The van der Waals surface area contributed by atoms with Crippen LogP contribution in [0.1, 0.15) is 43.0 Å². The third kappa shape index (κ3) is 10.6. The molecule has 0 unspecified atom stereocenters. The average molecular weight is 683 g/mol. The molecule has 0 spiro atoms. The molecule has 6 aromatic rings. The minimum absolute atomic E-state index is 0. The van der Waals surface area contributed by atoms with Crippen LogP contribution in [0.15, 0.2) is 146 Å². The smallest absolute Gasteiger partial charge is 0.0253 e. The quantitative estimate of drug-likeness (QED) is 0.141. The first-order valence-corrected chi connectivity index (χ1v) is 18.6. The van der Waals surface area contributed by atoms with Gasteiger partial charge in [-0.1, -0.05) is 107 Å². The van der Waals surface area contributed by atoms with Gasteiger partial charge < -0.3 is 25.1 Å². The molecule has 48 heavy (non-hydrogen) atoms. The van der Waals surface area contributed by atoms with Gasteiger partial charge in [0.25, 0.3) is 0 Å². The van der Waals surface area contributed by atoms with E-state index in [-0.39, 0.29) is 14.9 Å². The summed E-state index contributed by atoms with van der Waals surface area (Å²) in [5.41, 5.74) is 11.7. The van der Waals surface area contributed by atoms with E-state index in [4.69, 9.17) is 10.2 Å². The maximum atomic E-state index is 10.2. The number of rotatable bonds is 2. The number of hydrogen-bond donors (Lipinski definition) is 2. The summed E-state index contributed by atoms with van der Waals surface area (Å²) < 4.78 is 0. The van der Waals surface area contributed by atoms with E-state index < -0.39 is 11.9 Å². The monoisotopic (exact) mass is 682 g/mol. The Hall–Kier alpha value is -4.81. The van der Waals surface area contributed by atoms with Gasteiger partial charge in [-0.15, -0.1) is 11.1 Å². The van der Waals surface area contributed by atoms with E-state index in [1.807, 2.05) is 38.9 Å². The van der Waals surface area contributed by atoms with Crippen LogP contribution in [-0.4, -0.2) is 29.8 Å². The first-order valence-electron chi connectivity index (χ1n) is 14.6. The molecule has 0 heterocycles. The van der Waals surface area contributed by atoms with E-state index in [1.54, 1.807) is 60.7 Å². The molecule has 0 saturated heterocycles. The Labute approximate surface area is 298 Å². The fourth-order valence-electron chi connectivity index (χ4n) is 5.16. The Balaban J connectivity index is 0.000000219. The summed E-state index contributed by atoms with van der Waals surface area (Å²) in [5, 5.41) is 16.8. The van der Waals surface area contributed by atoms with Crippen LogP contribution < -0.4 is 0 Å². The van der Waals surface area contributed by atoms with Crippen molar-refractivity contribution in [1.29, 1.82) is 0 Å². The third-order valence-corrected chi connectivity index (χ3v) is 7.27. The largest absolute Gasteiger partial charge is 0.179 e. The number of aromatic carboxylic acids is 2. The Kier molecular flexibility index (Phi) is 16.8. The van der Waals surface area contributed by atoms with E-state index in [9.17, 15) is 9.59 Å². The zero-order valence-electron chi connectivity index (χ0n) is 27.2. The van der Waals surface area contributed by atoms with E-state index in [1.165, 1.54) is 44.5 Å². The summed E-state index contributed by atoms with van der Waals surface area (Å²) >= 11 is 2.03. The molecule has 4 nitrogen and oxygen atoms in total. The van der Waals surface area contributed by atoms with Crippen LogP contribution in [0.5, 0.6) is 0 Å². The van der Waals surface area contributed by atoms with Gasteiger partial charge in [0.05, 0.1) is 11.1 Å². The second kappa shape index (κ2) is 20.4. The molecule has 2 aliphatic carbocycles. The molecule has 8 rings (SSSR count). The molecule has 0 bridgehead atoms. The van der Waals surface area contributed by atoms with Crippen LogP contribution in [0.3, 0.4) is 0 Å². The molecular weight excluding hydrogens is 644 g/mol. The average Bonchev–Trinajstić information content (AvgIpc) is 3.69. The molecule has 0 saturated carbocycles. The van der Waals surface area contributed by atoms with Crippen LogP contribution >= 0.6 is 0 Å². The first-order chi connectivity index (χ1) is 22.5. The Morgan fingerprint density at radius 2 is 0.792 bits per heavy atom. The summed E-state index contributed by atoms with van der Waals surface area (Å²) in [4.78, 5) is 20.4. The van der Waals surface area contributed by atoms with Crippen molar-refractivity contribution in [3.8, 4) is 22.3 Å². The number of fused-ring (bicyclic) bond motifs is 6. The van der Waals surface area contributed by atoms with Crippen molar-refractivity contribution in [1.82, 2.24) is 0 Å². The Morgan fingerprint density at radius 3 is 1.12 bits per heavy atom. The summed E-state index contributed by atoms with van der Waals surface area (Å²) in [5.74, 6) is -1.76. The Morgan fingerprint density at radius 1 is 0.479 bits per heavy atom. The van der Waals surface area contributed by atoms with E-state index in [0.717, 1.165) is 12.8 Å². The second-order valence-electron chi connectivity index (χ2n) is 10.1. The summed E-state index contributed by atoms with van der Waals surface area (Å²) in [6, 6.07) is 52.8. The van der Waals surface area contributed by atoms with Gasteiger partial charge >= 0.3 is 38.7 Å². The molecular formula is C42H38O4SiTi-4. The number of hydrogen-bond acceptors (Lipinski definition) is 2. The van der Waals surface area contributed by atoms with Crippen molar-refractivity contribution in [2.75, 3.05) is 0 Å². The third-order valence-electron chi connectivity index (χ3n) is 7.27. The van der Waals surface area contributed by atoms with Gasteiger partial charge in [0.2, 0.25) is 0 Å². The molecule has 6 heteroatoms. The minimum Gasteiger partial charge on any atom is -0.179 e. The van der Waals surface area contributed by atoms with Crippen LogP contribution in [0.4, 0.5) is 0 Å². The normalized spacial score (nSPS) is 10.1. The molecule has 2 aliphatic rings. The van der Waals surface area contributed by atoms with Crippen molar-refractivity contribution >= 4 is 19.6 Å². The van der Waals surface area contributed by atoms with Crippen molar-refractivity contribution in [3.63, 3.8) is 0 Å². The van der Waals surface area contributed by atoms with Crippen LogP contribution in [-0.2, 0) is 32.0 Å². The first kappa shape index (κ1) is 39.4. The Bertz CT molecular complexity index is 1670. The molecule has 242 valence electrons. The van der Waals surface area contributed by atoms with Gasteiger partial charge in [0.15, 0.2) is 0 Å².